The van der Waals surface area contributed by atoms with Gasteiger partial charge in [0.15, 0.2) is 0 Å². The summed E-state index contributed by atoms with van der Waals surface area (Å²) in [4.78, 5) is 16.3. The fraction of sp³-hybridized carbons (Fsp3) is 0.359. The number of hydrogen-bond donors (Lipinski definition) is 2. The maximum atomic E-state index is 14.2. The van der Waals surface area contributed by atoms with Crippen LogP contribution in [0.1, 0.15) is 62.1 Å². The van der Waals surface area contributed by atoms with Gasteiger partial charge in [-0.15, -0.1) is 0 Å². The van der Waals surface area contributed by atoms with Crippen LogP contribution < -0.4 is 10.6 Å². The lowest BCUT2D eigenvalue weighted by molar-refractivity contribution is 0.129. The fourth-order valence-corrected chi connectivity index (χ4v) is 6.34. The highest BCUT2D eigenvalue weighted by atomic mass is 16.2. The number of carbonyl (C=O) groups is 1. The summed E-state index contributed by atoms with van der Waals surface area (Å²) >= 11 is 0. The second-order valence-corrected chi connectivity index (χ2v) is 12.0. The van der Waals surface area contributed by atoms with Gasteiger partial charge < -0.3 is 15.5 Å². The summed E-state index contributed by atoms with van der Waals surface area (Å²) in [5.41, 5.74) is 7.11. The van der Waals surface area contributed by atoms with E-state index in [4.69, 9.17) is 0 Å². The Morgan fingerprint density at radius 3 is 2.00 bits per heavy atom. The van der Waals surface area contributed by atoms with E-state index in [-0.39, 0.29) is 12.1 Å². The molecule has 1 atom stereocenters. The summed E-state index contributed by atoms with van der Waals surface area (Å²) < 4.78 is 0. The number of nitrogens with one attached hydrogen (secondary N) is 2. The van der Waals surface area contributed by atoms with Crippen LogP contribution in [0.3, 0.4) is 0 Å². The average molecular weight is 574 g/mol. The highest BCUT2D eigenvalue weighted by Crippen LogP contribution is 2.29. The predicted octanol–water partition coefficient (Wildman–Crippen LogP) is 9.12. The minimum atomic E-state index is -0.00307. The van der Waals surface area contributed by atoms with E-state index >= 15 is 0 Å². The molecule has 0 spiro atoms. The van der Waals surface area contributed by atoms with Gasteiger partial charge in [0.05, 0.1) is 0 Å². The average Bonchev–Trinajstić information content (AvgIpc) is 3.07. The van der Waals surface area contributed by atoms with Crippen LogP contribution >= 0.6 is 0 Å². The SMILES string of the molecule is CCCCc1ccc(NC(=O)N(Cc2ccc(-c3ccccc3)cc2)C(CCCc2ccccc2)C2CCNCC2)cc1. The molecule has 1 saturated heterocycles. The second kappa shape index (κ2) is 16.1. The van der Waals surface area contributed by atoms with Gasteiger partial charge in [0.25, 0.3) is 0 Å². The van der Waals surface area contributed by atoms with Crippen LogP contribution in [0.25, 0.3) is 11.1 Å². The molecule has 1 aliphatic heterocycles. The van der Waals surface area contributed by atoms with Gasteiger partial charge in [-0.25, -0.2) is 4.79 Å². The molecule has 4 aromatic carbocycles. The lowest BCUT2D eigenvalue weighted by Crippen LogP contribution is -2.48. The molecule has 0 radical (unpaired) electrons. The molecule has 5 rings (SSSR count). The van der Waals surface area contributed by atoms with Crippen molar-refractivity contribution in [2.75, 3.05) is 18.4 Å². The Labute approximate surface area is 258 Å². The molecule has 2 amide bonds. The van der Waals surface area contributed by atoms with E-state index in [1.54, 1.807) is 0 Å². The van der Waals surface area contributed by atoms with E-state index in [0.29, 0.717) is 12.5 Å². The number of piperidine rings is 1. The summed E-state index contributed by atoms with van der Waals surface area (Å²) in [6.45, 7) is 4.84. The smallest absolute Gasteiger partial charge is 0.317 e. The third-order valence-corrected chi connectivity index (χ3v) is 8.84. The number of nitrogens with zero attached hydrogens (tertiary/aromatic N) is 1. The third-order valence-electron chi connectivity index (χ3n) is 8.84. The zero-order valence-corrected chi connectivity index (χ0v) is 25.7. The Balaban J connectivity index is 1.37. The molecule has 224 valence electrons. The topological polar surface area (TPSA) is 44.4 Å². The molecule has 1 fully saturated rings. The van der Waals surface area contributed by atoms with Crippen LogP contribution in [-0.2, 0) is 19.4 Å². The number of benzene rings is 4. The van der Waals surface area contributed by atoms with Gasteiger partial charge in [0, 0.05) is 18.3 Å². The summed E-state index contributed by atoms with van der Waals surface area (Å²) in [5.74, 6) is 0.475. The monoisotopic (exact) mass is 573 g/mol. The number of anilines is 1. The summed E-state index contributed by atoms with van der Waals surface area (Å²) in [5, 5.41) is 6.81. The van der Waals surface area contributed by atoms with Crippen molar-refractivity contribution in [1.29, 1.82) is 0 Å². The minimum absolute atomic E-state index is 0.00307. The largest absolute Gasteiger partial charge is 0.322 e. The van der Waals surface area contributed by atoms with Crippen molar-refractivity contribution in [3.05, 3.63) is 126 Å². The summed E-state index contributed by atoms with van der Waals surface area (Å²) in [6.07, 6.45) is 8.72. The molecule has 1 heterocycles. The van der Waals surface area contributed by atoms with Crippen molar-refractivity contribution in [2.24, 2.45) is 5.92 Å². The number of unbranched alkanes of at least 4 members (excludes halogenated alkanes) is 1. The van der Waals surface area contributed by atoms with E-state index in [1.807, 2.05) is 6.07 Å². The normalized spacial score (nSPS) is 14.3. The minimum Gasteiger partial charge on any atom is -0.317 e. The predicted molar refractivity (Wildman–Crippen MR) is 180 cm³/mol. The van der Waals surface area contributed by atoms with Gasteiger partial charge in [-0.2, -0.15) is 0 Å². The van der Waals surface area contributed by atoms with Gasteiger partial charge in [0.1, 0.15) is 0 Å². The molecule has 0 saturated carbocycles. The fourth-order valence-electron chi connectivity index (χ4n) is 6.34. The highest BCUT2D eigenvalue weighted by molar-refractivity contribution is 5.89. The van der Waals surface area contributed by atoms with Gasteiger partial charge in [-0.05, 0) is 104 Å². The summed E-state index contributed by atoms with van der Waals surface area (Å²) in [6, 6.07) is 38.6. The maximum Gasteiger partial charge on any atom is 0.322 e. The van der Waals surface area contributed by atoms with Gasteiger partial charge >= 0.3 is 6.03 Å². The van der Waals surface area contributed by atoms with E-state index in [0.717, 1.165) is 62.9 Å². The Morgan fingerprint density at radius 1 is 0.744 bits per heavy atom. The number of urea groups is 1. The van der Waals surface area contributed by atoms with Crippen LogP contribution in [0.4, 0.5) is 10.5 Å². The van der Waals surface area contributed by atoms with Crippen molar-refractivity contribution in [2.45, 2.75) is 70.9 Å². The quantitative estimate of drug-likeness (QED) is 0.168. The lowest BCUT2D eigenvalue weighted by Gasteiger charge is -2.39. The first-order valence-corrected chi connectivity index (χ1v) is 16.2. The number of aryl methyl sites for hydroxylation is 2. The van der Waals surface area contributed by atoms with Crippen molar-refractivity contribution >= 4 is 11.7 Å². The first kappa shape index (κ1) is 30.6. The van der Waals surface area contributed by atoms with Crippen molar-refractivity contribution in [3.8, 4) is 11.1 Å². The molecule has 0 bridgehead atoms. The summed E-state index contributed by atoms with van der Waals surface area (Å²) in [7, 11) is 0. The zero-order chi connectivity index (χ0) is 29.7. The van der Waals surface area contributed by atoms with E-state index in [2.05, 4.69) is 126 Å². The first-order chi connectivity index (χ1) is 21.2. The first-order valence-electron chi connectivity index (χ1n) is 16.2. The second-order valence-electron chi connectivity index (χ2n) is 12.0. The molecule has 4 aromatic rings. The van der Waals surface area contributed by atoms with Crippen LogP contribution in [-0.4, -0.2) is 30.1 Å². The van der Waals surface area contributed by atoms with Crippen molar-refractivity contribution < 1.29 is 4.79 Å². The van der Waals surface area contributed by atoms with E-state index in [1.165, 1.54) is 35.1 Å². The van der Waals surface area contributed by atoms with Gasteiger partial charge in [-0.3, -0.25) is 0 Å². The van der Waals surface area contributed by atoms with Crippen LogP contribution in [0.5, 0.6) is 0 Å². The Kier molecular flexibility index (Phi) is 11.4. The molecular formula is C39H47N3O. The standard InChI is InChI=1S/C39H47N3O/c1-2-3-11-32-20-24-37(25-21-32)41-39(43)42(30-33-18-22-35(23-19-33)34-15-8-5-9-16-34)38(36-26-28-40-29-27-36)17-10-14-31-12-6-4-7-13-31/h4-9,12-13,15-16,18-25,36,38,40H,2-3,10-11,14,17,26-30H2,1H3,(H,41,43). The maximum absolute atomic E-state index is 14.2. The Morgan fingerprint density at radius 2 is 1.33 bits per heavy atom. The zero-order valence-electron chi connectivity index (χ0n) is 25.7. The highest BCUT2D eigenvalue weighted by Gasteiger charge is 2.32. The van der Waals surface area contributed by atoms with Gasteiger partial charge in [0.2, 0.25) is 0 Å². The number of hydrogen-bond acceptors (Lipinski definition) is 2. The molecule has 43 heavy (non-hydrogen) atoms. The van der Waals surface area contributed by atoms with Crippen molar-refractivity contribution in [1.82, 2.24) is 10.2 Å². The molecule has 0 aromatic heterocycles. The Bertz CT molecular complexity index is 1360. The molecule has 0 aliphatic carbocycles. The number of carbonyl (C=O) groups excluding carboxylic acids is 1. The molecular weight excluding hydrogens is 526 g/mol. The third kappa shape index (κ3) is 9.05. The van der Waals surface area contributed by atoms with E-state index in [9.17, 15) is 4.79 Å². The number of amides is 2. The van der Waals surface area contributed by atoms with Gasteiger partial charge in [-0.1, -0.05) is 110 Å². The molecule has 4 nitrogen and oxygen atoms in total. The molecule has 4 heteroatoms. The number of rotatable bonds is 13. The van der Waals surface area contributed by atoms with Crippen LogP contribution in [0.2, 0.25) is 0 Å². The van der Waals surface area contributed by atoms with Crippen LogP contribution in [0.15, 0.2) is 109 Å². The lowest BCUT2D eigenvalue weighted by atomic mass is 9.85. The van der Waals surface area contributed by atoms with Crippen molar-refractivity contribution in [3.63, 3.8) is 0 Å². The molecule has 1 unspecified atom stereocenters. The van der Waals surface area contributed by atoms with E-state index < -0.39 is 0 Å². The van der Waals surface area contributed by atoms with Crippen LogP contribution in [0, 0.1) is 5.92 Å². The molecule has 2 N–H and O–H groups in total. The molecule has 1 aliphatic rings. The Hall–Kier alpha value is -3.89.